The summed E-state index contributed by atoms with van der Waals surface area (Å²) in [5.74, 6) is 0.830. The first-order valence-corrected chi connectivity index (χ1v) is 4.59. The first kappa shape index (κ1) is 9.01. The van der Waals surface area contributed by atoms with E-state index in [1.165, 1.54) is 19.6 Å². The molecule has 0 N–H and O–H groups in total. The highest BCUT2D eigenvalue weighted by molar-refractivity contribution is 4.76. The van der Waals surface area contributed by atoms with E-state index in [4.69, 9.17) is 0 Å². The molecule has 2 atom stereocenters. The molecule has 11 heavy (non-hydrogen) atoms. The summed E-state index contributed by atoms with van der Waals surface area (Å²) >= 11 is 0. The first-order chi connectivity index (χ1) is 5.15. The van der Waals surface area contributed by atoms with Crippen LogP contribution in [0.5, 0.6) is 0 Å². The van der Waals surface area contributed by atoms with Crippen LogP contribution in [-0.2, 0) is 0 Å². The largest absolute Gasteiger partial charge is 0.291 e. The van der Waals surface area contributed by atoms with Crippen LogP contribution in [-0.4, -0.2) is 42.6 Å². The lowest BCUT2D eigenvalue weighted by Gasteiger charge is -2.42. The maximum absolute atomic E-state index is 2.52. The summed E-state index contributed by atoms with van der Waals surface area (Å²) in [6.45, 7) is 10.5. The van der Waals surface area contributed by atoms with Crippen molar-refractivity contribution in [3.05, 3.63) is 0 Å². The van der Waals surface area contributed by atoms with Crippen LogP contribution in [0.4, 0.5) is 0 Å². The Kier molecular flexibility index (Phi) is 2.90. The predicted octanol–water partition coefficient (Wildman–Crippen LogP) is 1.24. The normalized spacial score (nSPS) is 36.0. The molecule has 2 unspecified atom stereocenters. The van der Waals surface area contributed by atoms with Gasteiger partial charge in [0.2, 0.25) is 0 Å². The molecule has 0 spiro atoms. The zero-order chi connectivity index (χ0) is 8.43. The quantitative estimate of drug-likeness (QED) is 0.563. The van der Waals surface area contributed by atoms with Crippen LogP contribution in [0.3, 0.4) is 0 Å². The standard InChI is InChI=1S/C9H20N2/c1-5-11-7-8(2)6-10(4)9(11)3/h8-9H,5-7H2,1-4H3. The van der Waals surface area contributed by atoms with E-state index < -0.39 is 0 Å². The fourth-order valence-electron chi connectivity index (χ4n) is 1.93. The molecule has 2 nitrogen and oxygen atoms in total. The summed E-state index contributed by atoms with van der Waals surface area (Å²) in [5, 5.41) is 0. The van der Waals surface area contributed by atoms with Crippen LogP contribution in [0.15, 0.2) is 0 Å². The van der Waals surface area contributed by atoms with Crippen LogP contribution in [0.1, 0.15) is 20.8 Å². The summed E-state index contributed by atoms with van der Waals surface area (Å²) in [6, 6.07) is 0. The lowest BCUT2D eigenvalue weighted by atomic mass is 10.1. The minimum atomic E-state index is 0.635. The van der Waals surface area contributed by atoms with Gasteiger partial charge < -0.3 is 0 Å². The van der Waals surface area contributed by atoms with E-state index in [1.807, 2.05) is 0 Å². The van der Waals surface area contributed by atoms with Crippen LogP contribution in [0.25, 0.3) is 0 Å². The van der Waals surface area contributed by atoms with E-state index in [9.17, 15) is 0 Å². The summed E-state index contributed by atoms with van der Waals surface area (Å²) < 4.78 is 0. The summed E-state index contributed by atoms with van der Waals surface area (Å²) in [7, 11) is 2.21. The zero-order valence-corrected chi connectivity index (χ0v) is 8.17. The van der Waals surface area contributed by atoms with Gasteiger partial charge in [-0.05, 0) is 26.4 Å². The molecule has 66 valence electrons. The molecule has 1 aliphatic heterocycles. The van der Waals surface area contributed by atoms with Gasteiger partial charge in [0.15, 0.2) is 0 Å². The fourth-order valence-corrected chi connectivity index (χ4v) is 1.93. The van der Waals surface area contributed by atoms with Gasteiger partial charge in [0, 0.05) is 13.1 Å². The number of hydrogen-bond donors (Lipinski definition) is 0. The van der Waals surface area contributed by atoms with Gasteiger partial charge in [-0.1, -0.05) is 13.8 Å². The highest BCUT2D eigenvalue weighted by Crippen LogP contribution is 2.15. The average Bonchev–Trinajstić information content (AvgIpc) is 1.96. The smallest absolute Gasteiger partial charge is 0.0590 e. The fraction of sp³-hybridized carbons (Fsp3) is 1.00. The Morgan fingerprint density at radius 3 is 2.45 bits per heavy atom. The molecule has 0 aliphatic carbocycles. The van der Waals surface area contributed by atoms with Crippen molar-refractivity contribution in [3.8, 4) is 0 Å². The molecule has 0 bridgehead atoms. The predicted molar refractivity (Wildman–Crippen MR) is 48.5 cm³/mol. The molecule has 0 aromatic carbocycles. The lowest BCUT2D eigenvalue weighted by Crippen LogP contribution is -2.53. The highest BCUT2D eigenvalue weighted by Gasteiger charge is 2.25. The topological polar surface area (TPSA) is 6.48 Å². The molecule has 1 heterocycles. The van der Waals surface area contributed by atoms with Crippen molar-refractivity contribution in [2.75, 3.05) is 26.7 Å². The van der Waals surface area contributed by atoms with E-state index >= 15 is 0 Å². The molecule has 2 heteroatoms. The van der Waals surface area contributed by atoms with Gasteiger partial charge in [-0.25, -0.2) is 0 Å². The van der Waals surface area contributed by atoms with Gasteiger partial charge in [-0.15, -0.1) is 0 Å². The third-order valence-electron chi connectivity index (χ3n) is 2.72. The Morgan fingerprint density at radius 2 is 1.91 bits per heavy atom. The summed E-state index contributed by atoms with van der Waals surface area (Å²) in [4.78, 5) is 4.95. The van der Waals surface area contributed by atoms with Gasteiger partial charge in [0.25, 0.3) is 0 Å². The van der Waals surface area contributed by atoms with Crippen molar-refractivity contribution >= 4 is 0 Å². The minimum absolute atomic E-state index is 0.635. The SMILES string of the molecule is CCN1CC(C)CN(C)C1C. The van der Waals surface area contributed by atoms with Crippen molar-refractivity contribution in [2.24, 2.45) is 5.92 Å². The number of hydrogen-bond acceptors (Lipinski definition) is 2. The molecule has 1 rings (SSSR count). The van der Waals surface area contributed by atoms with Gasteiger partial charge in [-0.3, -0.25) is 9.80 Å². The molecule has 0 amide bonds. The van der Waals surface area contributed by atoms with Gasteiger partial charge in [0.05, 0.1) is 6.17 Å². The van der Waals surface area contributed by atoms with Crippen LogP contribution in [0, 0.1) is 5.92 Å². The number of nitrogens with zero attached hydrogens (tertiary/aromatic N) is 2. The molecule has 0 aromatic heterocycles. The Hall–Kier alpha value is -0.0800. The third kappa shape index (κ3) is 1.94. The zero-order valence-electron chi connectivity index (χ0n) is 8.17. The molecule has 0 radical (unpaired) electrons. The van der Waals surface area contributed by atoms with E-state index in [-0.39, 0.29) is 0 Å². The molecular formula is C9H20N2. The van der Waals surface area contributed by atoms with Crippen molar-refractivity contribution in [1.82, 2.24) is 9.80 Å². The van der Waals surface area contributed by atoms with Crippen molar-refractivity contribution in [1.29, 1.82) is 0 Å². The summed E-state index contributed by atoms with van der Waals surface area (Å²) in [5.41, 5.74) is 0. The highest BCUT2D eigenvalue weighted by atomic mass is 15.4. The Balaban J connectivity index is 2.51. The van der Waals surface area contributed by atoms with Gasteiger partial charge in [0.1, 0.15) is 0 Å². The third-order valence-corrected chi connectivity index (χ3v) is 2.72. The number of rotatable bonds is 1. The molecule has 1 fully saturated rings. The minimum Gasteiger partial charge on any atom is -0.291 e. The van der Waals surface area contributed by atoms with E-state index in [1.54, 1.807) is 0 Å². The van der Waals surface area contributed by atoms with E-state index in [0.717, 1.165) is 5.92 Å². The molecule has 0 saturated carbocycles. The van der Waals surface area contributed by atoms with E-state index in [0.29, 0.717) is 6.17 Å². The molecule has 1 aliphatic rings. The maximum atomic E-state index is 2.52. The van der Waals surface area contributed by atoms with Gasteiger partial charge >= 0.3 is 0 Å². The van der Waals surface area contributed by atoms with Crippen LogP contribution < -0.4 is 0 Å². The average molecular weight is 156 g/mol. The second-order valence-corrected chi connectivity index (χ2v) is 3.76. The molecule has 1 saturated heterocycles. The monoisotopic (exact) mass is 156 g/mol. The van der Waals surface area contributed by atoms with Crippen molar-refractivity contribution in [3.63, 3.8) is 0 Å². The summed E-state index contributed by atoms with van der Waals surface area (Å²) in [6.07, 6.45) is 0.635. The second kappa shape index (κ2) is 3.55. The lowest BCUT2D eigenvalue weighted by molar-refractivity contribution is 0.0113. The maximum Gasteiger partial charge on any atom is 0.0590 e. The van der Waals surface area contributed by atoms with E-state index in [2.05, 4.69) is 37.6 Å². The first-order valence-electron chi connectivity index (χ1n) is 4.59. The molecular weight excluding hydrogens is 136 g/mol. The van der Waals surface area contributed by atoms with Crippen molar-refractivity contribution < 1.29 is 0 Å². The Labute approximate surface area is 70.2 Å². The second-order valence-electron chi connectivity index (χ2n) is 3.76. The van der Waals surface area contributed by atoms with Crippen molar-refractivity contribution in [2.45, 2.75) is 26.9 Å². The van der Waals surface area contributed by atoms with Crippen LogP contribution in [0.2, 0.25) is 0 Å². The molecule has 0 aromatic rings. The Bertz CT molecular complexity index is 125. The van der Waals surface area contributed by atoms with Crippen LogP contribution >= 0.6 is 0 Å². The van der Waals surface area contributed by atoms with Gasteiger partial charge in [-0.2, -0.15) is 0 Å². The Morgan fingerprint density at radius 1 is 1.27 bits per heavy atom.